The van der Waals surface area contributed by atoms with Crippen LogP contribution in [-0.4, -0.2) is 47.2 Å². The summed E-state index contributed by atoms with van der Waals surface area (Å²) in [6.07, 6.45) is 5.53. The number of hydrogen-bond donors (Lipinski definition) is 2. The second-order valence-corrected chi connectivity index (χ2v) is 5.18. The predicted octanol–water partition coefficient (Wildman–Crippen LogP) is 1.30. The smallest absolute Gasteiger partial charge is 0.237 e. The van der Waals surface area contributed by atoms with Crippen LogP contribution in [0.4, 0.5) is 0 Å². The molecule has 1 heterocycles. The van der Waals surface area contributed by atoms with Crippen LogP contribution >= 0.6 is 0 Å². The van der Waals surface area contributed by atoms with E-state index in [1.807, 2.05) is 13.8 Å². The maximum Gasteiger partial charge on any atom is 0.237 e. The van der Waals surface area contributed by atoms with Crippen LogP contribution in [0.3, 0.4) is 0 Å². The Kier molecular flexibility index (Phi) is 6.36. The van der Waals surface area contributed by atoms with E-state index in [9.17, 15) is 9.90 Å². The molecule has 4 nitrogen and oxygen atoms in total. The summed E-state index contributed by atoms with van der Waals surface area (Å²) in [5.41, 5.74) is 0. The highest BCUT2D eigenvalue weighted by Gasteiger charge is 2.30. The van der Waals surface area contributed by atoms with Crippen molar-refractivity contribution in [3.63, 3.8) is 0 Å². The highest BCUT2D eigenvalue weighted by Crippen LogP contribution is 2.23. The number of nitrogens with zero attached hydrogens (tertiary/aromatic N) is 1. The fourth-order valence-corrected chi connectivity index (χ4v) is 2.65. The van der Waals surface area contributed by atoms with Gasteiger partial charge in [-0.1, -0.05) is 12.5 Å². The summed E-state index contributed by atoms with van der Waals surface area (Å²) < 4.78 is 0. The zero-order valence-corrected chi connectivity index (χ0v) is 11.6. The molecule has 18 heavy (non-hydrogen) atoms. The summed E-state index contributed by atoms with van der Waals surface area (Å²) in [5, 5.41) is 12.4. The number of piperidine rings is 1. The summed E-state index contributed by atoms with van der Waals surface area (Å²) in [4.78, 5) is 14.2. The number of carbonyl (C=O) groups excluding carboxylic acids is 1. The molecule has 1 rings (SSSR count). The van der Waals surface area contributed by atoms with Gasteiger partial charge in [-0.2, -0.15) is 0 Å². The molecule has 0 bridgehead atoms. The molecule has 0 aromatic carbocycles. The predicted molar refractivity (Wildman–Crippen MR) is 73.3 cm³/mol. The van der Waals surface area contributed by atoms with Crippen molar-refractivity contribution < 1.29 is 9.90 Å². The monoisotopic (exact) mass is 254 g/mol. The first-order valence-electron chi connectivity index (χ1n) is 6.88. The number of aliphatic hydroxyl groups is 1. The normalized spacial score (nSPS) is 24.3. The molecule has 4 heteroatoms. The van der Waals surface area contributed by atoms with Crippen LogP contribution in [0.15, 0.2) is 12.7 Å². The van der Waals surface area contributed by atoms with Crippen molar-refractivity contribution in [1.29, 1.82) is 0 Å². The maximum atomic E-state index is 12.0. The average Bonchev–Trinajstić information content (AvgIpc) is 2.35. The van der Waals surface area contributed by atoms with Crippen molar-refractivity contribution in [1.82, 2.24) is 10.2 Å². The van der Waals surface area contributed by atoms with E-state index in [0.29, 0.717) is 12.6 Å². The highest BCUT2D eigenvalue weighted by atomic mass is 16.3. The second kappa shape index (κ2) is 7.54. The minimum atomic E-state index is -0.306. The number of nitrogens with one attached hydrogen (secondary N) is 1. The number of hydrogen-bond acceptors (Lipinski definition) is 3. The van der Waals surface area contributed by atoms with Gasteiger partial charge in [-0.05, 0) is 39.7 Å². The molecule has 0 aliphatic carbocycles. The molecule has 0 aromatic heterocycles. The Hall–Kier alpha value is -0.870. The molecule has 0 saturated carbocycles. The van der Waals surface area contributed by atoms with E-state index >= 15 is 0 Å². The molecule has 3 atom stereocenters. The van der Waals surface area contributed by atoms with Gasteiger partial charge >= 0.3 is 0 Å². The topological polar surface area (TPSA) is 52.6 Å². The van der Waals surface area contributed by atoms with Gasteiger partial charge in [-0.3, -0.25) is 9.69 Å². The third-order valence-electron chi connectivity index (χ3n) is 3.58. The van der Waals surface area contributed by atoms with Crippen LogP contribution in [-0.2, 0) is 4.79 Å². The van der Waals surface area contributed by atoms with E-state index in [1.54, 1.807) is 6.08 Å². The molecule has 0 aromatic rings. The van der Waals surface area contributed by atoms with Crippen molar-refractivity contribution in [3.8, 4) is 0 Å². The Labute approximate surface area is 110 Å². The van der Waals surface area contributed by atoms with Crippen LogP contribution in [0.2, 0.25) is 0 Å². The fourth-order valence-electron chi connectivity index (χ4n) is 2.65. The van der Waals surface area contributed by atoms with Gasteiger partial charge in [0.15, 0.2) is 0 Å². The van der Waals surface area contributed by atoms with Crippen LogP contribution in [0.5, 0.6) is 0 Å². The van der Waals surface area contributed by atoms with Gasteiger partial charge in [0.1, 0.15) is 0 Å². The molecule has 2 N–H and O–H groups in total. The van der Waals surface area contributed by atoms with Crippen molar-refractivity contribution >= 4 is 5.91 Å². The number of likely N-dealkylation sites (tertiary alicyclic amines) is 1. The number of aliphatic hydroxyl groups excluding tert-OH is 1. The molecular weight excluding hydrogens is 228 g/mol. The van der Waals surface area contributed by atoms with Crippen LogP contribution in [0.25, 0.3) is 0 Å². The Balaban J connectivity index is 2.58. The van der Waals surface area contributed by atoms with Gasteiger partial charge in [0.2, 0.25) is 5.91 Å². The summed E-state index contributed by atoms with van der Waals surface area (Å²) >= 11 is 0. The van der Waals surface area contributed by atoms with Gasteiger partial charge < -0.3 is 10.4 Å². The van der Waals surface area contributed by atoms with Crippen LogP contribution in [0.1, 0.15) is 39.5 Å². The Morgan fingerprint density at radius 3 is 2.89 bits per heavy atom. The molecule has 1 aliphatic rings. The van der Waals surface area contributed by atoms with Gasteiger partial charge in [0, 0.05) is 12.6 Å². The Bertz CT molecular complexity index is 279. The molecule has 3 unspecified atom stereocenters. The number of rotatable bonds is 6. The third-order valence-corrected chi connectivity index (χ3v) is 3.58. The standard InChI is InChI=1S/C14H26N2O2/c1-4-8-15-14(18)12(3)16-9-6-5-7-13(16)10-11(2)17/h4,11-13,17H,1,5-10H2,2-3H3,(H,15,18). The lowest BCUT2D eigenvalue weighted by molar-refractivity contribution is -0.127. The summed E-state index contributed by atoms with van der Waals surface area (Å²) in [6, 6.07) is 0.192. The molecule has 1 aliphatic heterocycles. The van der Waals surface area contributed by atoms with Crippen molar-refractivity contribution in [3.05, 3.63) is 12.7 Å². The maximum absolute atomic E-state index is 12.0. The van der Waals surface area contributed by atoms with E-state index < -0.39 is 0 Å². The first-order valence-corrected chi connectivity index (χ1v) is 6.88. The zero-order chi connectivity index (χ0) is 13.5. The molecule has 1 amide bonds. The summed E-state index contributed by atoms with van der Waals surface area (Å²) in [5.74, 6) is 0.0485. The first-order chi connectivity index (χ1) is 8.56. The van der Waals surface area contributed by atoms with Gasteiger partial charge in [0.25, 0.3) is 0 Å². The van der Waals surface area contributed by atoms with Crippen LogP contribution in [0, 0.1) is 0 Å². The molecule has 1 fully saturated rings. The fraction of sp³-hybridized carbons (Fsp3) is 0.786. The average molecular weight is 254 g/mol. The number of amides is 1. The first kappa shape index (κ1) is 15.2. The molecule has 104 valence electrons. The molecule has 1 saturated heterocycles. The molecular formula is C14H26N2O2. The third kappa shape index (κ3) is 4.42. The zero-order valence-electron chi connectivity index (χ0n) is 11.6. The minimum Gasteiger partial charge on any atom is -0.393 e. The highest BCUT2D eigenvalue weighted by molar-refractivity contribution is 5.81. The van der Waals surface area contributed by atoms with Gasteiger partial charge in [-0.15, -0.1) is 6.58 Å². The Morgan fingerprint density at radius 2 is 2.28 bits per heavy atom. The van der Waals surface area contributed by atoms with E-state index in [-0.39, 0.29) is 18.1 Å². The Morgan fingerprint density at radius 1 is 1.56 bits per heavy atom. The van der Waals surface area contributed by atoms with E-state index in [2.05, 4.69) is 16.8 Å². The van der Waals surface area contributed by atoms with Crippen molar-refractivity contribution in [2.75, 3.05) is 13.1 Å². The lowest BCUT2D eigenvalue weighted by atomic mass is 9.95. The largest absolute Gasteiger partial charge is 0.393 e. The minimum absolute atomic E-state index is 0.0485. The van der Waals surface area contributed by atoms with E-state index in [4.69, 9.17) is 0 Å². The van der Waals surface area contributed by atoms with Crippen molar-refractivity contribution in [2.45, 2.75) is 57.7 Å². The van der Waals surface area contributed by atoms with Crippen molar-refractivity contribution in [2.24, 2.45) is 0 Å². The van der Waals surface area contributed by atoms with E-state index in [1.165, 1.54) is 6.42 Å². The lowest BCUT2D eigenvalue weighted by Gasteiger charge is -2.39. The van der Waals surface area contributed by atoms with E-state index in [0.717, 1.165) is 25.8 Å². The lowest BCUT2D eigenvalue weighted by Crippen LogP contribution is -2.52. The summed E-state index contributed by atoms with van der Waals surface area (Å²) in [7, 11) is 0. The van der Waals surface area contributed by atoms with Crippen LogP contribution < -0.4 is 5.32 Å². The van der Waals surface area contributed by atoms with Gasteiger partial charge in [0.05, 0.1) is 12.1 Å². The van der Waals surface area contributed by atoms with Gasteiger partial charge in [-0.25, -0.2) is 0 Å². The quantitative estimate of drug-likeness (QED) is 0.703. The molecule has 0 spiro atoms. The SMILES string of the molecule is C=CCNC(=O)C(C)N1CCCCC1CC(C)O. The molecule has 0 radical (unpaired) electrons. The summed E-state index contributed by atoms with van der Waals surface area (Å²) in [6.45, 7) is 8.81. The number of carbonyl (C=O) groups is 1. The second-order valence-electron chi connectivity index (χ2n) is 5.18.